The highest BCUT2D eigenvalue weighted by molar-refractivity contribution is 6.02. The Kier molecular flexibility index (Phi) is 6.79. The summed E-state index contributed by atoms with van der Waals surface area (Å²) >= 11 is 0. The van der Waals surface area contributed by atoms with Crippen LogP contribution in [-0.2, 0) is 5.41 Å². The lowest BCUT2D eigenvalue weighted by Crippen LogP contribution is -2.10. The number of pyridine rings is 1. The minimum Gasteiger partial charge on any atom is -0.496 e. The van der Waals surface area contributed by atoms with Crippen LogP contribution < -0.4 is 9.47 Å². The number of nitriles is 1. The van der Waals surface area contributed by atoms with E-state index in [1.165, 1.54) is 14.0 Å². The summed E-state index contributed by atoms with van der Waals surface area (Å²) in [4.78, 5) is 12.4. The maximum atomic E-state index is 13.7. The Morgan fingerprint density at radius 3 is 2.54 bits per heavy atom. The van der Waals surface area contributed by atoms with Gasteiger partial charge in [0.15, 0.2) is 5.78 Å². The molecule has 186 valence electrons. The minimum atomic E-state index is -1.58. The molecular formula is C27H31F2N3O3. The molecule has 2 aromatic heterocycles. The summed E-state index contributed by atoms with van der Waals surface area (Å²) < 4.78 is 37.7. The maximum Gasteiger partial charge on any atom is 0.235 e. The van der Waals surface area contributed by atoms with E-state index in [0.29, 0.717) is 17.2 Å². The Labute approximate surface area is 204 Å². The molecule has 1 unspecified atom stereocenters. The van der Waals surface area contributed by atoms with E-state index >= 15 is 0 Å². The molecule has 2 fully saturated rings. The minimum absolute atomic E-state index is 0. The third-order valence-corrected chi connectivity index (χ3v) is 6.53. The van der Waals surface area contributed by atoms with Gasteiger partial charge in [0, 0.05) is 26.5 Å². The van der Waals surface area contributed by atoms with E-state index in [1.807, 2.05) is 25.3 Å². The molecule has 0 radical (unpaired) electrons. The highest BCUT2D eigenvalue weighted by atomic mass is 19.1. The number of aromatic nitrogens is 2. The van der Waals surface area contributed by atoms with Crippen LogP contribution in [0, 0.1) is 17.2 Å². The molecule has 3 atom stereocenters. The number of rotatable bonds is 7. The van der Waals surface area contributed by atoms with Crippen molar-refractivity contribution in [2.24, 2.45) is 5.92 Å². The third-order valence-electron chi connectivity index (χ3n) is 6.53. The van der Waals surface area contributed by atoms with E-state index in [0.717, 1.165) is 35.9 Å². The van der Waals surface area contributed by atoms with Crippen LogP contribution in [0.5, 0.6) is 11.5 Å². The topological polar surface area (TPSA) is 76.6 Å². The summed E-state index contributed by atoms with van der Waals surface area (Å²) in [6.07, 6.45) is 4.31. The van der Waals surface area contributed by atoms with Crippen LogP contribution in [0.2, 0.25) is 0 Å². The molecule has 0 spiro atoms. The van der Waals surface area contributed by atoms with E-state index in [4.69, 9.17) is 9.47 Å². The number of ketones is 1. The molecule has 3 aromatic rings. The monoisotopic (exact) mass is 483 g/mol. The molecule has 2 aliphatic rings. The lowest BCUT2D eigenvalue weighted by molar-refractivity contribution is 0.0820. The fourth-order valence-corrected chi connectivity index (χ4v) is 3.98. The molecule has 8 heteroatoms. The Hall–Kier alpha value is -3.47. The molecular weight excluding hydrogens is 452 g/mol. The van der Waals surface area contributed by atoms with Gasteiger partial charge in [0.1, 0.15) is 23.2 Å². The molecule has 2 heterocycles. The molecule has 5 rings (SSSR count). The molecule has 6 nitrogen and oxygen atoms in total. The zero-order valence-corrected chi connectivity index (χ0v) is 20.3. The van der Waals surface area contributed by atoms with Crippen molar-refractivity contribution in [1.29, 1.82) is 5.26 Å². The van der Waals surface area contributed by atoms with Gasteiger partial charge in [-0.05, 0) is 54.5 Å². The number of methoxy groups -OCH3 is 1. The molecule has 0 bridgehead atoms. The number of nitrogens with zero attached hydrogens (tertiary/aromatic N) is 3. The van der Waals surface area contributed by atoms with Crippen molar-refractivity contribution in [2.45, 2.75) is 64.4 Å². The van der Waals surface area contributed by atoms with E-state index in [-0.39, 0.29) is 24.9 Å². The second kappa shape index (κ2) is 9.65. The normalized spacial score (nSPS) is 20.3. The molecule has 0 amide bonds. The lowest BCUT2D eigenvalue weighted by atomic mass is 9.98. The predicted molar refractivity (Wildman–Crippen MR) is 130 cm³/mol. The fraction of sp³-hybridized carbons (Fsp3) is 0.444. The standard InChI is InChI=1S/C23H22FN3O3.C4H7F.H2/c1-4-19(28)22-20(29-3)9-15(10-21(22)30-14(2)24)17-11-26-27-12-16(5-6-18(17)27)23(13-25)7-8-23;1-3-2-4(3)5;/h5-6,9-12,14H,4,7-8H2,1-3H3;3-4H,2H2,1H3;1H/t;3-,4+;/m.1./s1. The Bertz CT molecular complexity index is 1290. The number of benzene rings is 1. The summed E-state index contributed by atoms with van der Waals surface area (Å²) in [6.45, 7) is 4.92. The molecule has 1 aromatic carbocycles. The van der Waals surface area contributed by atoms with Gasteiger partial charge in [-0.2, -0.15) is 10.4 Å². The second-order valence-corrected chi connectivity index (χ2v) is 9.22. The SMILES string of the molecule is CCC(=O)c1c(OC)cc(-c2cnn3cc(C4(C#N)CC4)ccc23)cc1OC(C)F.C[C@@H]1C[C@@H]1F.[HH]. The summed E-state index contributed by atoms with van der Waals surface area (Å²) in [5.74, 6) is 0.663. The largest absolute Gasteiger partial charge is 0.496 e. The van der Waals surface area contributed by atoms with Crippen LogP contribution >= 0.6 is 0 Å². The zero-order chi connectivity index (χ0) is 25.3. The van der Waals surface area contributed by atoms with Gasteiger partial charge in [-0.3, -0.25) is 4.79 Å². The molecule has 0 N–H and O–H groups in total. The first-order chi connectivity index (χ1) is 16.7. The summed E-state index contributed by atoms with van der Waals surface area (Å²) in [5.41, 5.74) is 3.08. The number of hydrogen-bond acceptors (Lipinski definition) is 5. The predicted octanol–water partition coefficient (Wildman–Crippen LogP) is 6.46. The van der Waals surface area contributed by atoms with Crippen LogP contribution in [0.25, 0.3) is 16.6 Å². The molecule has 0 aliphatic heterocycles. The average molecular weight is 484 g/mol. The van der Waals surface area contributed by atoms with Crippen molar-refractivity contribution in [1.82, 2.24) is 9.61 Å². The summed E-state index contributed by atoms with van der Waals surface area (Å²) in [6, 6.07) is 9.64. The number of ether oxygens (including phenoxy) is 2. The first kappa shape index (κ1) is 24.6. The first-order valence-electron chi connectivity index (χ1n) is 11.8. The highest BCUT2D eigenvalue weighted by Gasteiger charge is 2.45. The van der Waals surface area contributed by atoms with Gasteiger partial charge in [-0.1, -0.05) is 19.9 Å². The lowest BCUT2D eigenvalue weighted by Gasteiger charge is -2.16. The number of carbonyl (C=O) groups is 1. The van der Waals surface area contributed by atoms with Crippen molar-refractivity contribution >= 4 is 11.3 Å². The smallest absolute Gasteiger partial charge is 0.235 e. The number of fused-ring (bicyclic) bond motifs is 1. The van der Waals surface area contributed by atoms with Gasteiger partial charge < -0.3 is 9.47 Å². The average Bonchev–Trinajstić information content (AvgIpc) is 3.73. The fourth-order valence-electron chi connectivity index (χ4n) is 3.98. The van der Waals surface area contributed by atoms with Crippen molar-refractivity contribution in [3.05, 3.63) is 47.8 Å². The summed E-state index contributed by atoms with van der Waals surface area (Å²) in [7, 11) is 1.47. The maximum absolute atomic E-state index is 13.7. The number of carbonyl (C=O) groups excluding carboxylic acids is 1. The quantitative estimate of drug-likeness (QED) is 0.360. The van der Waals surface area contributed by atoms with Gasteiger partial charge in [-0.15, -0.1) is 0 Å². The van der Waals surface area contributed by atoms with Gasteiger partial charge in [-0.25, -0.2) is 13.3 Å². The summed E-state index contributed by atoms with van der Waals surface area (Å²) in [5, 5.41) is 13.9. The van der Waals surface area contributed by atoms with Crippen LogP contribution in [0.1, 0.15) is 63.8 Å². The van der Waals surface area contributed by atoms with Crippen LogP contribution in [-0.4, -0.2) is 35.0 Å². The van der Waals surface area contributed by atoms with Gasteiger partial charge in [0.25, 0.3) is 0 Å². The van der Waals surface area contributed by atoms with E-state index in [1.54, 1.807) is 29.8 Å². The molecule has 35 heavy (non-hydrogen) atoms. The van der Waals surface area contributed by atoms with E-state index in [2.05, 4.69) is 11.2 Å². The van der Waals surface area contributed by atoms with Gasteiger partial charge in [0.05, 0.1) is 30.3 Å². The van der Waals surface area contributed by atoms with Gasteiger partial charge >= 0.3 is 0 Å². The Balaban J connectivity index is 0.000000538. The molecule has 2 saturated carbocycles. The van der Waals surface area contributed by atoms with E-state index < -0.39 is 17.9 Å². The van der Waals surface area contributed by atoms with Crippen LogP contribution in [0.3, 0.4) is 0 Å². The van der Waals surface area contributed by atoms with E-state index in [9.17, 15) is 18.8 Å². The Morgan fingerprint density at radius 1 is 1.37 bits per heavy atom. The van der Waals surface area contributed by atoms with Crippen molar-refractivity contribution in [3.8, 4) is 28.7 Å². The van der Waals surface area contributed by atoms with Crippen molar-refractivity contribution in [2.75, 3.05) is 7.11 Å². The number of halogens is 2. The zero-order valence-electron chi connectivity index (χ0n) is 20.3. The number of hydrogen-bond donors (Lipinski definition) is 0. The number of alkyl halides is 2. The first-order valence-corrected chi connectivity index (χ1v) is 11.8. The Morgan fingerprint density at radius 2 is 2.03 bits per heavy atom. The van der Waals surface area contributed by atoms with Crippen LogP contribution in [0.15, 0.2) is 36.7 Å². The second-order valence-electron chi connectivity index (χ2n) is 9.22. The molecule has 0 saturated heterocycles. The van der Waals surface area contributed by atoms with Crippen molar-refractivity contribution < 1.29 is 24.5 Å². The highest BCUT2D eigenvalue weighted by Crippen LogP contribution is 2.47. The number of Topliss-reactive ketones (excluding diaryl/α,β-unsaturated/α-hetero) is 1. The van der Waals surface area contributed by atoms with Gasteiger partial charge in [0.2, 0.25) is 6.36 Å². The van der Waals surface area contributed by atoms with Crippen LogP contribution in [0.4, 0.5) is 8.78 Å². The third kappa shape index (κ3) is 5.00. The van der Waals surface area contributed by atoms with Crippen molar-refractivity contribution in [3.63, 3.8) is 0 Å². The molecule has 2 aliphatic carbocycles.